The van der Waals surface area contributed by atoms with E-state index in [1.165, 1.54) is 6.33 Å². The number of nitrogens with zero attached hydrogens (tertiary/aromatic N) is 4. The zero-order valence-corrected chi connectivity index (χ0v) is 10.7. The minimum absolute atomic E-state index is 0.0467. The van der Waals surface area contributed by atoms with E-state index in [2.05, 4.69) is 25.7 Å². The van der Waals surface area contributed by atoms with Gasteiger partial charge in [0.05, 0.1) is 4.92 Å². The molecular weight excluding hydrogens is 262 g/mol. The molecule has 0 aromatic carbocycles. The fourth-order valence-electron chi connectivity index (χ4n) is 1.58. The predicted molar refractivity (Wildman–Crippen MR) is 72.8 cm³/mol. The number of anilines is 2. The van der Waals surface area contributed by atoms with Crippen molar-refractivity contribution in [3.8, 4) is 0 Å². The topological polar surface area (TPSA) is 132 Å². The first kappa shape index (κ1) is 13.6. The van der Waals surface area contributed by atoms with Crippen molar-refractivity contribution in [3.63, 3.8) is 0 Å². The molecule has 2 rings (SSSR count). The van der Waals surface area contributed by atoms with Gasteiger partial charge in [-0.3, -0.25) is 15.1 Å². The summed E-state index contributed by atoms with van der Waals surface area (Å²) in [7, 11) is 0. The average Bonchev–Trinajstić information content (AvgIpc) is 2.46. The number of nitro groups is 1. The number of rotatable bonds is 5. The van der Waals surface area contributed by atoms with Gasteiger partial charge in [0, 0.05) is 18.4 Å². The van der Waals surface area contributed by atoms with E-state index in [0.717, 1.165) is 11.3 Å². The van der Waals surface area contributed by atoms with Crippen molar-refractivity contribution < 1.29 is 4.92 Å². The Balaban J connectivity index is 2.21. The number of nitrogens with two attached hydrogens (primary N) is 1. The number of nitrogen functional groups attached to an aromatic ring is 1. The third-order valence-corrected chi connectivity index (χ3v) is 2.57. The molecule has 9 heteroatoms. The normalized spacial score (nSPS) is 10.1. The first-order valence-corrected chi connectivity index (χ1v) is 5.73. The van der Waals surface area contributed by atoms with Crippen LogP contribution in [0, 0.1) is 17.0 Å². The lowest BCUT2D eigenvalue weighted by molar-refractivity contribution is -0.383. The molecule has 0 spiro atoms. The van der Waals surface area contributed by atoms with Crippen molar-refractivity contribution in [2.24, 2.45) is 5.84 Å². The standard InChI is InChI=1S/C11H13N7O2/c1-7-2-3-8(4-13-7)5-14-10-9(18(19)20)11(17-12)16-6-15-10/h2-4,6H,5,12H2,1H3,(H2,14,15,16,17). The maximum Gasteiger partial charge on any atom is 0.354 e. The Kier molecular flexibility index (Phi) is 4.01. The van der Waals surface area contributed by atoms with Crippen LogP contribution >= 0.6 is 0 Å². The second kappa shape index (κ2) is 5.89. The SMILES string of the molecule is Cc1ccc(CNc2ncnc(NN)c2[N+](=O)[O-])cn1. The third-order valence-electron chi connectivity index (χ3n) is 2.57. The molecule has 0 atom stereocenters. The Hall–Kier alpha value is -2.81. The lowest BCUT2D eigenvalue weighted by atomic mass is 10.2. The van der Waals surface area contributed by atoms with Crippen LogP contribution < -0.4 is 16.6 Å². The second-order valence-electron chi connectivity index (χ2n) is 3.98. The van der Waals surface area contributed by atoms with Gasteiger partial charge in [-0.15, -0.1) is 0 Å². The molecule has 0 aliphatic rings. The number of nitrogens with one attached hydrogen (secondary N) is 2. The zero-order valence-electron chi connectivity index (χ0n) is 10.7. The summed E-state index contributed by atoms with van der Waals surface area (Å²) in [4.78, 5) is 22.2. The molecule has 20 heavy (non-hydrogen) atoms. The second-order valence-corrected chi connectivity index (χ2v) is 3.98. The van der Waals surface area contributed by atoms with Crippen LogP contribution in [0.5, 0.6) is 0 Å². The van der Waals surface area contributed by atoms with Gasteiger partial charge in [0.1, 0.15) is 6.33 Å². The van der Waals surface area contributed by atoms with Crippen LogP contribution in [-0.4, -0.2) is 19.9 Å². The molecule has 2 heterocycles. The molecule has 0 bridgehead atoms. The first-order valence-electron chi connectivity index (χ1n) is 5.73. The summed E-state index contributed by atoms with van der Waals surface area (Å²) < 4.78 is 0. The summed E-state index contributed by atoms with van der Waals surface area (Å²) in [6.07, 6.45) is 2.88. The highest BCUT2D eigenvalue weighted by Crippen LogP contribution is 2.28. The Morgan fingerprint density at radius 2 is 2.05 bits per heavy atom. The molecule has 0 fully saturated rings. The van der Waals surface area contributed by atoms with Crippen molar-refractivity contribution in [1.82, 2.24) is 15.0 Å². The smallest absolute Gasteiger partial charge is 0.354 e. The highest BCUT2D eigenvalue weighted by molar-refractivity contribution is 5.68. The number of hydrazine groups is 1. The van der Waals surface area contributed by atoms with E-state index >= 15 is 0 Å². The average molecular weight is 275 g/mol. The van der Waals surface area contributed by atoms with Crippen LogP contribution in [-0.2, 0) is 6.54 Å². The molecule has 4 N–H and O–H groups in total. The molecule has 9 nitrogen and oxygen atoms in total. The highest BCUT2D eigenvalue weighted by atomic mass is 16.6. The lowest BCUT2D eigenvalue weighted by Crippen LogP contribution is -2.13. The summed E-state index contributed by atoms with van der Waals surface area (Å²) in [5.74, 6) is 5.25. The van der Waals surface area contributed by atoms with Gasteiger partial charge in [-0.1, -0.05) is 6.07 Å². The molecule has 104 valence electrons. The largest absolute Gasteiger partial charge is 0.360 e. The van der Waals surface area contributed by atoms with Gasteiger partial charge in [0.25, 0.3) is 0 Å². The number of pyridine rings is 1. The van der Waals surface area contributed by atoms with Crippen molar-refractivity contribution >= 4 is 17.3 Å². The van der Waals surface area contributed by atoms with Gasteiger partial charge < -0.3 is 10.7 Å². The Morgan fingerprint density at radius 1 is 1.30 bits per heavy atom. The van der Waals surface area contributed by atoms with Crippen LogP contribution in [0.4, 0.5) is 17.3 Å². The van der Waals surface area contributed by atoms with Crippen molar-refractivity contribution in [1.29, 1.82) is 0 Å². The van der Waals surface area contributed by atoms with E-state index in [4.69, 9.17) is 5.84 Å². The van der Waals surface area contributed by atoms with E-state index in [9.17, 15) is 10.1 Å². The molecule has 0 saturated carbocycles. The summed E-state index contributed by atoms with van der Waals surface area (Å²) in [6.45, 7) is 2.24. The van der Waals surface area contributed by atoms with Crippen LogP contribution in [0.3, 0.4) is 0 Å². The summed E-state index contributed by atoms with van der Waals surface area (Å²) >= 11 is 0. The van der Waals surface area contributed by atoms with E-state index in [-0.39, 0.29) is 17.3 Å². The number of hydrogen-bond acceptors (Lipinski definition) is 8. The first-order chi connectivity index (χ1) is 9.61. The van der Waals surface area contributed by atoms with Gasteiger partial charge in [-0.25, -0.2) is 15.8 Å². The summed E-state index contributed by atoms with van der Waals surface area (Å²) in [5.41, 5.74) is 3.66. The molecule has 0 aliphatic heterocycles. The van der Waals surface area contributed by atoms with Crippen LogP contribution in [0.15, 0.2) is 24.7 Å². The van der Waals surface area contributed by atoms with E-state index in [1.54, 1.807) is 6.20 Å². The molecule has 0 saturated heterocycles. The van der Waals surface area contributed by atoms with E-state index in [0.29, 0.717) is 6.54 Å². The monoisotopic (exact) mass is 275 g/mol. The Bertz CT molecular complexity index is 615. The van der Waals surface area contributed by atoms with Crippen molar-refractivity contribution in [2.45, 2.75) is 13.5 Å². The van der Waals surface area contributed by atoms with E-state index in [1.807, 2.05) is 19.1 Å². The quantitative estimate of drug-likeness (QED) is 0.418. The van der Waals surface area contributed by atoms with Crippen LogP contribution in [0.25, 0.3) is 0 Å². The van der Waals surface area contributed by atoms with Gasteiger partial charge in [0.15, 0.2) is 0 Å². The predicted octanol–water partition coefficient (Wildman–Crippen LogP) is 0.986. The van der Waals surface area contributed by atoms with Crippen LogP contribution in [0.2, 0.25) is 0 Å². The molecule has 2 aromatic rings. The summed E-state index contributed by atoms with van der Waals surface area (Å²) in [5, 5.41) is 13.9. The molecule has 0 radical (unpaired) electrons. The minimum atomic E-state index is -0.592. The number of aromatic nitrogens is 3. The molecule has 0 amide bonds. The Labute approximate surface area is 114 Å². The number of aryl methyl sites for hydroxylation is 1. The van der Waals surface area contributed by atoms with E-state index < -0.39 is 4.92 Å². The third kappa shape index (κ3) is 2.95. The van der Waals surface area contributed by atoms with Crippen LogP contribution in [0.1, 0.15) is 11.3 Å². The Morgan fingerprint density at radius 3 is 2.65 bits per heavy atom. The molecule has 0 unspecified atom stereocenters. The maximum absolute atomic E-state index is 11.0. The van der Waals surface area contributed by atoms with Crippen molar-refractivity contribution in [3.05, 3.63) is 46.0 Å². The van der Waals surface area contributed by atoms with Gasteiger partial charge in [-0.05, 0) is 18.6 Å². The minimum Gasteiger partial charge on any atom is -0.360 e. The highest BCUT2D eigenvalue weighted by Gasteiger charge is 2.22. The maximum atomic E-state index is 11.0. The summed E-state index contributed by atoms with van der Waals surface area (Å²) in [6, 6.07) is 3.74. The van der Waals surface area contributed by atoms with Crippen molar-refractivity contribution in [2.75, 3.05) is 10.7 Å². The van der Waals surface area contributed by atoms with Gasteiger partial charge in [0.2, 0.25) is 11.6 Å². The fourth-order valence-corrected chi connectivity index (χ4v) is 1.58. The lowest BCUT2D eigenvalue weighted by Gasteiger charge is -2.08. The molecular formula is C11H13N7O2. The fraction of sp³-hybridized carbons (Fsp3) is 0.182. The molecule has 2 aromatic heterocycles. The van der Waals surface area contributed by atoms with Gasteiger partial charge >= 0.3 is 5.69 Å². The molecule has 0 aliphatic carbocycles. The number of hydrogen-bond donors (Lipinski definition) is 3. The van der Waals surface area contributed by atoms with Gasteiger partial charge in [-0.2, -0.15) is 0 Å². The zero-order chi connectivity index (χ0) is 14.5.